The largest absolute Gasteiger partial charge is 2.00 e. The van der Waals surface area contributed by atoms with Crippen molar-refractivity contribution in [2.24, 2.45) is 17.8 Å². The Balaban J connectivity index is 0.00000504. The second-order valence-electron chi connectivity index (χ2n) is 15.4. The molecule has 1 aliphatic carbocycles. The zero-order chi connectivity index (χ0) is 42.2. The minimum absolute atomic E-state index is 0. The first-order chi connectivity index (χ1) is 30.5. The number of esters is 2. The van der Waals surface area contributed by atoms with Crippen LogP contribution < -0.4 is 9.97 Å². The molecule has 9 heteroatoms. The van der Waals surface area contributed by atoms with Gasteiger partial charge in [-0.3, -0.25) is 9.59 Å². The van der Waals surface area contributed by atoms with Gasteiger partial charge in [-0.05, 0) is 74.7 Å². The third-order valence-electron chi connectivity index (χ3n) is 11.9. The van der Waals surface area contributed by atoms with Crippen molar-refractivity contribution in [3.8, 4) is 44.5 Å². The molecule has 5 heterocycles. The molecule has 7 aromatic rings. The van der Waals surface area contributed by atoms with Gasteiger partial charge in [-0.25, -0.2) is 9.97 Å². The van der Waals surface area contributed by atoms with Gasteiger partial charge < -0.3 is 19.4 Å². The van der Waals surface area contributed by atoms with Crippen LogP contribution in [0.3, 0.4) is 0 Å². The van der Waals surface area contributed by atoms with Crippen LogP contribution in [0.1, 0.15) is 29.2 Å². The van der Waals surface area contributed by atoms with E-state index < -0.39 is 29.7 Å². The maximum Gasteiger partial charge on any atom is 2.00 e. The summed E-state index contributed by atoms with van der Waals surface area (Å²) >= 11 is 0. The third kappa shape index (κ3) is 7.55. The molecule has 0 saturated carbocycles. The number of methoxy groups -OCH3 is 2. The maximum atomic E-state index is 13.9. The first kappa shape index (κ1) is 41.0. The van der Waals surface area contributed by atoms with E-state index in [2.05, 4.69) is 54.6 Å². The van der Waals surface area contributed by atoms with Crippen LogP contribution in [-0.2, 0) is 35.6 Å². The second-order valence-corrected chi connectivity index (χ2v) is 15.4. The van der Waals surface area contributed by atoms with Crippen LogP contribution in [0.25, 0.3) is 90.4 Å². The van der Waals surface area contributed by atoms with Gasteiger partial charge in [0.25, 0.3) is 0 Å². The fourth-order valence-electron chi connectivity index (χ4n) is 9.07. The van der Waals surface area contributed by atoms with Crippen molar-refractivity contribution < 1.29 is 35.6 Å². The Morgan fingerprint density at radius 2 is 0.937 bits per heavy atom. The Morgan fingerprint density at radius 3 is 1.38 bits per heavy atom. The summed E-state index contributed by atoms with van der Waals surface area (Å²) in [6.45, 7) is 0. The smallest absolute Gasteiger partial charge is 0.657 e. The first-order valence-electron chi connectivity index (χ1n) is 20.6. The van der Waals surface area contributed by atoms with Crippen molar-refractivity contribution in [2.45, 2.75) is 6.42 Å². The molecule has 0 N–H and O–H groups in total. The summed E-state index contributed by atoms with van der Waals surface area (Å²) in [4.78, 5) is 49.2. The predicted octanol–water partition coefficient (Wildman–Crippen LogP) is 11.1. The van der Waals surface area contributed by atoms with E-state index in [4.69, 9.17) is 29.4 Å². The minimum atomic E-state index is -0.884. The topological polar surface area (TPSA) is 107 Å². The normalized spacial score (nSPS) is 16.5. The van der Waals surface area contributed by atoms with E-state index in [1.54, 1.807) is 0 Å². The Labute approximate surface area is 375 Å². The van der Waals surface area contributed by atoms with Gasteiger partial charge in [-0.15, -0.1) is 22.1 Å². The van der Waals surface area contributed by atoms with Crippen LogP contribution in [0.5, 0.6) is 0 Å². The number of benzene rings is 4. The number of ether oxygens (including phenoxy) is 2. The molecule has 4 aromatic carbocycles. The molecule has 10 rings (SSSR count). The minimum Gasteiger partial charge on any atom is -0.657 e. The quantitative estimate of drug-likeness (QED) is 0.0886. The summed E-state index contributed by atoms with van der Waals surface area (Å²) in [6.07, 6.45) is 10.5. The third-order valence-corrected chi connectivity index (χ3v) is 11.9. The number of rotatable bonds is 7. The molecule has 0 amide bonds. The van der Waals surface area contributed by atoms with Crippen molar-refractivity contribution in [2.75, 3.05) is 14.2 Å². The average Bonchev–Trinajstić information content (AvgIpc) is 4.17. The van der Waals surface area contributed by atoms with Crippen LogP contribution in [0.15, 0.2) is 158 Å². The molecule has 0 spiro atoms. The van der Waals surface area contributed by atoms with E-state index in [0.29, 0.717) is 23.3 Å². The van der Waals surface area contributed by atoms with Crippen LogP contribution in [0.4, 0.5) is 0 Å². The van der Waals surface area contributed by atoms with E-state index in [0.717, 1.165) is 78.0 Å². The van der Waals surface area contributed by atoms with E-state index >= 15 is 0 Å². The summed E-state index contributed by atoms with van der Waals surface area (Å²) in [5, 5.41) is 0. The summed E-state index contributed by atoms with van der Waals surface area (Å²) in [7, 11) is 2.71. The van der Waals surface area contributed by atoms with Gasteiger partial charge in [-0.1, -0.05) is 158 Å². The summed E-state index contributed by atoms with van der Waals surface area (Å²) in [5.41, 5.74) is 13.6. The van der Waals surface area contributed by atoms with Crippen LogP contribution >= 0.6 is 0 Å². The van der Waals surface area contributed by atoms with Crippen LogP contribution in [0, 0.1) is 17.8 Å². The molecule has 0 saturated heterocycles. The average molecular weight is 868 g/mol. The van der Waals surface area contributed by atoms with Gasteiger partial charge in [0.05, 0.1) is 48.8 Å². The molecule has 8 nitrogen and oxygen atoms in total. The molecule has 0 unspecified atom stereocenters. The molecule has 0 fully saturated rings. The summed E-state index contributed by atoms with van der Waals surface area (Å²) in [5.74, 6) is -3.24. The van der Waals surface area contributed by atoms with E-state index in [9.17, 15) is 9.59 Å². The van der Waals surface area contributed by atoms with Gasteiger partial charge in [0, 0.05) is 5.92 Å². The number of hydrogen-bond donors (Lipinski definition) is 0. The van der Waals surface area contributed by atoms with Crippen molar-refractivity contribution >= 4 is 57.8 Å². The second kappa shape index (κ2) is 17.6. The van der Waals surface area contributed by atoms with Gasteiger partial charge in [0.2, 0.25) is 0 Å². The fraction of sp³-hybridized carbons (Fsp3) is 0.111. The Bertz CT molecular complexity index is 3120. The molecule has 3 aliphatic rings. The molecule has 0 radical (unpaired) electrons. The number of hydrogen-bond acceptors (Lipinski definition) is 6. The van der Waals surface area contributed by atoms with Crippen molar-refractivity contribution in [1.82, 2.24) is 19.9 Å². The molecular weight excluding hydrogens is 827 g/mol. The number of carbonyl (C=O) groups is 2. The Kier molecular flexibility index (Phi) is 11.4. The van der Waals surface area contributed by atoms with E-state index in [1.165, 1.54) is 14.2 Å². The monoisotopic (exact) mass is 866 g/mol. The van der Waals surface area contributed by atoms with Gasteiger partial charge in [0.1, 0.15) is 0 Å². The van der Waals surface area contributed by atoms with Crippen molar-refractivity contribution in [1.29, 1.82) is 0 Å². The van der Waals surface area contributed by atoms with Gasteiger partial charge >= 0.3 is 28.4 Å². The Morgan fingerprint density at radius 1 is 0.524 bits per heavy atom. The number of carbonyl (C=O) groups excluding carboxylic acids is 2. The van der Waals surface area contributed by atoms with Crippen molar-refractivity contribution in [3.63, 3.8) is 0 Å². The molecule has 63 heavy (non-hydrogen) atoms. The predicted molar refractivity (Wildman–Crippen MR) is 246 cm³/mol. The zero-order valence-corrected chi connectivity index (χ0v) is 35.4. The molecule has 3 atom stereocenters. The summed E-state index contributed by atoms with van der Waals surface area (Å²) < 4.78 is 10.7. The maximum absolute atomic E-state index is 13.9. The SMILES string of the molecule is COC(=O)[C@H]1[C@@H](C2=Cc3nc2c(-c2ccccc2)c2ccc([n-]2)c(-c2ccccc2)c2nc(c(-c4ccccc4)c4ccc([n-]4)c3-c3ccccc3)C=C2)C=CC[C@@H]1C(=O)OC.[Ni+2]. The van der Waals surface area contributed by atoms with E-state index in [-0.39, 0.29) is 16.5 Å². The number of aromatic nitrogens is 4. The number of allylic oxidation sites excluding steroid dienone is 3. The van der Waals surface area contributed by atoms with Crippen molar-refractivity contribution in [3.05, 3.63) is 181 Å². The number of fused-ring (bicyclic) bond motifs is 8. The molecular formula is C54H40N4NiO4. The first-order valence-corrected chi connectivity index (χ1v) is 20.6. The van der Waals surface area contributed by atoms with Gasteiger partial charge in [0.15, 0.2) is 0 Å². The van der Waals surface area contributed by atoms with Crippen LogP contribution in [0.2, 0.25) is 0 Å². The standard InChI is InChI=1S/C54H40N4O4.Ni/c1-61-53(59)38-25-15-24-37(51(38)54(60)62-2)39-32-46-49(35-20-11-5-12-21-35)44-29-28-42(56-44)47(33-16-7-3-8-17-33)40-26-27-41(55-40)48(34-18-9-4-10-19-34)43-30-31-45(57-43)50(52(39)58-46)36-22-13-6-14-23-36;/h3-24,26-32,37-38,51H,25H2,1-2H3;/q-2;+2/t37-,38+,51+;/m1./s1. The molecule has 8 bridgehead atoms. The number of nitrogens with zero attached hydrogens (tertiary/aromatic N) is 4. The molecule has 2 aliphatic heterocycles. The molecule has 310 valence electrons. The Hall–Kier alpha value is -7.35. The molecule has 3 aromatic heterocycles. The summed E-state index contributed by atoms with van der Waals surface area (Å²) in [6, 6.07) is 48.7. The van der Waals surface area contributed by atoms with Crippen LogP contribution in [-0.4, -0.2) is 36.1 Å². The fourth-order valence-corrected chi connectivity index (χ4v) is 9.07. The van der Waals surface area contributed by atoms with E-state index in [1.807, 2.05) is 121 Å². The zero-order valence-electron chi connectivity index (χ0n) is 34.4. The van der Waals surface area contributed by atoms with Gasteiger partial charge in [-0.2, -0.15) is 0 Å².